The molecule has 0 aromatic carbocycles. The van der Waals surface area contributed by atoms with Crippen LogP contribution in [0.15, 0.2) is 0 Å². The highest BCUT2D eigenvalue weighted by Gasteiger charge is 2.33. The van der Waals surface area contributed by atoms with Crippen molar-refractivity contribution in [3.8, 4) is 0 Å². The van der Waals surface area contributed by atoms with Gasteiger partial charge >= 0.3 is 0 Å². The number of piperidine rings is 1. The van der Waals surface area contributed by atoms with Gasteiger partial charge in [0.1, 0.15) is 0 Å². The lowest BCUT2D eigenvalue weighted by atomic mass is 9.92. The zero-order valence-electron chi connectivity index (χ0n) is 10.5. The zero-order chi connectivity index (χ0) is 11.5. The van der Waals surface area contributed by atoms with Gasteiger partial charge < -0.3 is 10.2 Å². The fraction of sp³-hybridized carbons (Fsp3) is 0.923. The number of amides is 1. The van der Waals surface area contributed by atoms with Gasteiger partial charge in [-0.1, -0.05) is 13.3 Å². The van der Waals surface area contributed by atoms with E-state index in [1.54, 1.807) is 0 Å². The summed E-state index contributed by atoms with van der Waals surface area (Å²) in [5, 5.41) is 3.36. The molecule has 2 fully saturated rings. The van der Waals surface area contributed by atoms with E-state index in [0.717, 1.165) is 32.0 Å². The second-order valence-electron chi connectivity index (χ2n) is 5.31. The van der Waals surface area contributed by atoms with E-state index in [9.17, 15) is 4.79 Å². The molecule has 2 unspecified atom stereocenters. The summed E-state index contributed by atoms with van der Waals surface area (Å²) in [5.41, 5.74) is 0. The first-order valence-corrected chi connectivity index (χ1v) is 6.74. The van der Waals surface area contributed by atoms with E-state index in [2.05, 4.69) is 24.1 Å². The number of rotatable bonds is 2. The number of nitrogens with one attached hydrogen (secondary N) is 1. The summed E-state index contributed by atoms with van der Waals surface area (Å²) in [6.45, 7) is 7.36. The maximum Gasteiger partial charge on any atom is 0.227 e. The SMILES string of the molecule is CCC1CCN(C(=O)C2CCNC2C)CC1. The van der Waals surface area contributed by atoms with E-state index < -0.39 is 0 Å². The summed E-state index contributed by atoms with van der Waals surface area (Å²) in [5.74, 6) is 1.48. The van der Waals surface area contributed by atoms with Crippen molar-refractivity contribution in [1.82, 2.24) is 10.2 Å². The minimum Gasteiger partial charge on any atom is -0.342 e. The molecule has 1 amide bonds. The van der Waals surface area contributed by atoms with Crippen LogP contribution in [0.1, 0.15) is 39.5 Å². The number of hydrogen-bond donors (Lipinski definition) is 1. The summed E-state index contributed by atoms with van der Waals surface area (Å²) in [6.07, 6.45) is 4.70. The number of carbonyl (C=O) groups excluding carboxylic acids is 1. The molecule has 2 aliphatic heterocycles. The fourth-order valence-electron chi connectivity index (χ4n) is 2.99. The topological polar surface area (TPSA) is 32.3 Å². The Morgan fingerprint density at radius 2 is 2.00 bits per heavy atom. The first kappa shape index (κ1) is 11.9. The van der Waals surface area contributed by atoms with Crippen LogP contribution in [0, 0.1) is 11.8 Å². The molecule has 92 valence electrons. The molecule has 0 radical (unpaired) electrons. The Kier molecular flexibility index (Phi) is 3.85. The predicted octanol–water partition coefficient (Wildman–Crippen LogP) is 1.63. The van der Waals surface area contributed by atoms with Crippen molar-refractivity contribution in [3.63, 3.8) is 0 Å². The van der Waals surface area contributed by atoms with Crippen molar-refractivity contribution < 1.29 is 4.79 Å². The second-order valence-corrected chi connectivity index (χ2v) is 5.31. The molecule has 0 bridgehead atoms. The van der Waals surface area contributed by atoms with Gasteiger partial charge in [0.15, 0.2) is 0 Å². The Hall–Kier alpha value is -0.570. The third-order valence-corrected chi connectivity index (χ3v) is 4.35. The van der Waals surface area contributed by atoms with Gasteiger partial charge in [0.2, 0.25) is 5.91 Å². The standard InChI is InChI=1S/C13H24N2O/c1-3-11-5-8-15(9-6-11)13(16)12-4-7-14-10(12)2/h10-12,14H,3-9H2,1-2H3. The van der Waals surface area contributed by atoms with Crippen LogP contribution in [-0.2, 0) is 4.79 Å². The second kappa shape index (κ2) is 5.17. The van der Waals surface area contributed by atoms with Crippen LogP contribution < -0.4 is 5.32 Å². The molecule has 0 spiro atoms. The minimum absolute atomic E-state index is 0.234. The third kappa shape index (κ3) is 2.40. The van der Waals surface area contributed by atoms with E-state index in [0.29, 0.717) is 11.9 Å². The molecule has 1 N–H and O–H groups in total. The van der Waals surface area contributed by atoms with E-state index >= 15 is 0 Å². The molecule has 0 aliphatic carbocycles. The Labute approximate surface area is 98.6 Å². The van der Waals surface area contributed by atoms with E-state index in [1.807, 2.05) is 0 Å². The van der Waals surface area contributed by atoms with Gasteiger partial charge in [0, 0.05) is 19.1 Å². The van der Waals surface area contributed by atoms with Crippen LogP contribution in [0.3, 0.4) is 0 Å². The van der Waals surface area contributed by atoms with Crippen molar-refractivity contribution in [1.29, 1.82) is 0 Å². The van der Waals surface area contributed by atoms with Gasteiger partial charge in [-0.25, -0.2) is 0 Å². The summed E-state index contributed by atoms with van der Waals surface area (Å²) < 4.78 is 0. The van der Waals surface area contributed by atoms with Crippen LogP contribution >= 0.6 is 0 Å². The molecule has 0 aromatic rings. The van der Waals surface area contributed by atoms with E-state index in [-0.39, 0.29) is 5.92 Å². The smallest absolute Gasteiger partial charge is 0.227 e. The number of carbonyl (C=O) groups is 1. The fourth-order valence-corrected chi connectivity index (χ4v) is 2.99. The van der Waals surface area contributed by atoms with Gasteiger partial charge in [-0.2, -0.15) is 0 Å². The number of hydrogen-bond acceptors (Lipinski definition) is 2. The van der Waals surface area contributed by atoms with Crippen LogP contribution in [0.25, 0.3) is 0 Å². The molecular formula is C13H24N2O. The highest BCUT2D eigenvalue weighted by atomic mass is 16.2. The lowest BCUT2D eigenvalue weighted by Crippen LogP contribution is -2.44. The molecular weight excluding hydrogens is 200 g/mol. The third-order valence-electron chi connectivity index (χ3n) is 4.35. The number of nitrogens with zero attached hydrogens (tertiary/aromatic N) is 1. The Morgan fingerprint density at radius 1 is 1.31 bits per heavy atom. The Balaban J connectivity index is 1.86. The van der Waals surface area contributed by atoms with Gasteiger partial charge in [0.25, 0.3) is 0 Å². The molecule has 16 heavy (non-hydrogen) atoms. The predicted molar refractivity (Wildman–Crippen MR) is 65.2 cm³/mol. The zero-order valence-corrected chi connectivity index (χ0v) is 10.5. The van der Waals surface area contributed by atoms with Crippen LogP contribution in [0.2, 0.25) is 0 Å². The molecule has 2 heterocycles. The highest BCUT2D eigenvalue weighted by Crippen LogP contribution is 2.24. The lowest BCUT2D eigenvalue weighted by Gasteiger charge is -2.33. The van der Waals surface area contributed by atoms with Gasteiger partial charge in [0.05, 0.1) is 5.92 Å². The molecule has 3 heteroatoms. The highest BCUT2D eigenvalue weighted by molar-refractivity contribution is 5.80. The maximum atomic E-state index is 12.3. The molecule has 0 saturated carbocycles. The Bertz CT molecular complexity index is 246. The molecule has 2 aliphatic rings. The monoisotopic (exact) mass is 224 g/mol. The quantitative estimate of drug-likeness (QED) is 0.773. The van der Waals surface area contributed by atoms with E-state index in [4.69, 9.17) is 0 Å². The van der Waals surface area contributed by atoms with Crippen LogP contribution in [-0.4, -0.2) is 36.5 Å². The largest absolute Gasteiger partial charge is 0.342 e. The first-order valence-electron chi connectivity index (χ1n) is 6.74. The summed E-state index contributed by atoms with van der Waals surface area (Å²) in [6, 6.07) is 0.372. The van der Waals surface area contributed by atoms with Crippen molar-refractivity contribution >= 4 is 5.91 Å². The Morgan fingerprint density at radius 3 is 2.50 bits per heavy atom. The maximum absolute atomic E-state index is 12.3. The van der Waals surface area contributed by atoms with Gasteiger partial charge in [-0.05, 0) is 38.6 Å². The van der Waals surface area contributed by atoms with Crippen LogP contribution in [0.5, 0.6) is 0 Å². The average Bonchev–Trinajstić information content (AvgIpc) is 2.75. The van der Waals surface area contributed by atoms with Gasteiger partial charge in [-0.15, -0.1) is 0 Å². The first-order chi connectivity index (χ1) is 7.72. The molecule has 0 aromatic heterocycles. The summed E-state index contributed by atoms with van der Waals surface area (Å²) >= 11 is 0. The molecule has 3 nitrogen and oxygen atoms in total. The van der Waals surface area contributed by atoms with Crippen molar-refractivity contribution in [2.24, 2.45) is 11.8 Å². The van der Waals surface area contributed by atoms with E-state index in [1.165, 1.54) is 19.3 Å². The van der Waals surface area contributed by atoms with Crippen molar-refractivity contribution in [2.45, 2.75) is 45.6 Å². The average molecular weight is 224 g/mol. The normalized spacial score (nSPS) is 32.0. The number of likely N-dealkylation sites (tertiary alicyclic amines) is 1. The molecule has 2 saturated heterocycles. The lowest BCUT2D eigenvalue weighted by molar-refractivity contribution is -0.137. The van der Waals surface area contributed by atoms with Gasteiger partial charge in [-0.3, -0.25) is 4.79 Å². The molecule has 2 atom stereocenters. The van der Waals surface area contributed by atoms with Crippen molar-refractivity contribution in [3.05, 3.63) is 0 Å². The minimum atomic E-state index is 0.234. The summed E-state index contributed by atoms with van der Waals surface area (Å²) in [7, 11) is 0. The molecule has 2 rings (SSSR count). The van der Waals surface area contributed by atoms with Crippen LogP contribution in [0.4, 0.5) is 0 Å². The van der Waals surface area contributed by atoms with Crippen molar-refractivity contribution in [2.75, 3.05) is 19.6 Å². The summed E-state index contributed by atoms with van der Waals surface area (Å²) in [4.78, 5) is 14.4.